The molecule has 1 rings (SSSR count). The highest BCUT2D eigenvalue weighted by atomic mass is 19.3. The summed E-state index contributed by atoms with van der Waals surface area (Å²) < 4.78 is 30.3. The van der Waals surface area contributed by atoms with Crippen LogP contribution < -0.4 is 15.0 Å². The van der Waals surface area contributed by atoms with Crippen molar-refractivity contribution in [2.24, 2.45) is 0 Å². The van der Waals surface area contributed by atoms with Crippen LogP contribution in [0.5, 0.6) is 6.01 Å². The molecule has 0 unspecified atom stereocenters. The summed E-state index contributed by atoms with van der Waals surface area (Å²) in [5.74, 6) is 0.489. The van der Waals surface area contributed by atoms with E-state index in [-0.39, 0.29) is 18.1 Å². The summed E-state index contributed by atoms with van der Waals surface area (Å²) in [6.07, 6.45) is -1.67. The van der Waals surface area contributed by atoms with Gasteiger partial charge in [-0.2, -0.15) is 15.0 Å². The largest absolute Gasteiger partial charge is 0.461 e. The second-order valence-electron chi connectivity index (χ2n) is 4.61. The molecule has 1 heterocycles. The number of hydrogen-bond donors (Lipinski definition) is 1. The quantitative estimate of drug-likeness (QED) is 0.791. The lowest BCUT2D eigenvalue weighted by Gasteiger charge is -2.18. The highest BCUT2D eigenvalue weighted by Crippen LogP contribution is 2.16. The van der Waals surface area contributed by atoms with Gasteiger partial charge >= 0.3 is 6.01 Å². The normalized spacial score (nSPS) is 11.0. The van der Waals surface area contributed by atoms with Crippen LogP contribution in [0.1, 0.15) is 27.2 Å². The summed E-state index contributed by atoms with van der Waals surface area (Å²) >= 11 is 0. The fourth-order valence-corrected chi connectivity index (χ4v) is 1.38. The average molecular weight is 289 g/mol. The zero-order chi connectivity index (χ0) is 15.1. The number of ether oxygens (including phenoxy) is 1. The summed E-state index contributed by atoms with van der Waals surface area (Å²) in [4.78, 5) is 13.5. The second kappa shape index (κ2) is 7.76. The number of nitrogens with zero attached hydrogens (tertiary/aromatic N) is 4. The van der Waals surface area contributed by atoms with Crippen LogP contribution in [0, 0.1) is 0 Å². The molecule has 0 aliphatic heterocycles. The second-order valence-corrected chi connectivity index (χ2v) is 4.61. The first kappa shape index (κ1) is 16.3. The maximum absolute atomic E-state index is 12.4. The minimum atomic E-state index is -2.46. The number of anilines is 2. The van der Waals surface area contributed by atoms with Crippen LogP contribution in [-0.4, -0.2) is 47.6 Å². The van der Waals surface area contributed by atoms with Gasteiger partial charge in [-0.05, 0) is 20.3 Å². The molecule has 0 aliphatic rings. The van der Waals surface area contributed by atoms with E-state index in [4.69, 9.17) is 4.74 Å². The Morgan fingerprint density at radius 1 is 1.25 bits per heavy atom. The molecule has 0 bridgehead atoms. The van der Waals surface area contributed by atoms with Crippen molar-refractivity contribution in [2.45, 2.75) is 39.7 Å². The SMILES string of the molecule is CCCNc1nc(OC(C)C)nc(N(C)CC(F)F)n1. The maximum atomic E-state index is 12.4. The maximum Gasteiger partial charge on any atom is 0.323 e. The third-order valence-electron chi connectivity index (χ3n) is 2.23. The van der Waals surface area contributed by atoms with Gasteiger partial charge in [0, 0.05) is 13.6 Å². The molecule has 0 atom stereocenters. The van der Waals surface area contributed by atoms with E-state index >= 15 is 0 Å². The molecule has 0 fully saturated rings. The molecular formula is C12H21F2N5O. The average Bonchev–Trinajstić information content (AvgIpc) is 2.34. The zero-order valence-electron chi connectivity index (χ0n) is 12.2. The summed E-state index contributed by atoms with van der Waals surface area (Å²) in [6.45, 7) is 5.92. The zero-order valence-corrected chi connectivity index (χ0v) is 12.2. The van der Waals surface area contributed by atoms with Crippen LogP contribution in [0.25, 0.3) is 0 Å². The molecule has 0 saturated heterocycles. The van der Waals surface area contributed by atoms with Gasteiger partial charge in [0.2, 0.25) is 11.9 Å². The van der Waals surface area contributed by atoms with E-state index in [0.717, 1.165) is 6.42 Å². The van der Waals surface area contributed by atoms with Gasteiger partial charge < -0.3 is 15.0 Å². The lowest BCUT2D eigenvalue weighted by molar-refractivity contribution is 0.155. The number of alkyl halides is 2. The highest BCUT2D eigenvalue weighted by Gasteiger charge is 2.15. The van der Waals surface area contributed by atoms with E-state index in [0.29, 0.717) is 12.5 Å². The minimum absolute atomic E-state index is 0.107. The minimum Gasteiger partial charge on any atom is -0.461 e. The molecule has 114 valence electrons. The molecule has 1 aromatic rings. The molecule has 0 aliphatic carbocycles. The Labute approximate surface area is 117 Å². The monoisotopic (exact) mass is 289 g/mol. The number of rotatable bonds is 8. The van der Waals surface area contributed by atoms with E-state index in [1.54, 1.807) is 0 Å². The molecule has 6 nitrogen and oxygen atoms in total. The van der Waals surface area contributed by atoms with Crippen molar-refractivity contribution >= 4 is 11.9 Å². The standard InChI is InChI=1S/C12H21F2N5O/c1-5-6-15-10-16-11(19(4)7-9(13)14)18-12(17-10)20-8(2)3/h8-9H,5-7H2,1-4H3,(H,15,16,17,18). The number of aromatic nitrogens is 3. The first-order valence-electron chi connectivity index (χ1n) is 6.58. The molecule has 0 saturated carbocycles. The first-order chi connectivity index (χ1) is 9.42. The fourth-order valence-electron chi connectivity index (χ4n) is 1.38. The summed E-state index contributed by atoms with van der Waals surface area (Å²) in [5.41, 5.74) is 0. The van der Waals surface area contributed by atoms with Crippen LogP contribution in [0.2, 0.25) is 0 Å². The van der Waals surface area contributed by atoms with E-state index in [9.17, 15) is 8.78 Å². The topological polar surface area (TPSA) is 63.2 Å². The molecule has 1 aromatic heterocycles. The van der Waals surface area contributed by atoms with Crippen molar-refractivity contribution < 1.29 is 13.5 Å². The summed E-state index contributed by atoms with van der Waals surface area (Å²) in [7, 11) is 1.50. The van der Waals surface area contributed by atoms with Crippen LogP contribution >= 0.6 is 0 Å². The Morgan fingerprint density at radius 2 is 1.95 bits per heavy atom. The Balaban J connectivity index is 2.95. The predicted molar refractivity (Wildman–Crippen MR) is 73.6 cm³/mol. The van der Waals surface area contributed by atoms with Crippen molar-refractivity contribution in [1.82, 2.24) is 15.0 Å². The highest BCUT2D eigenvalue weighted by molar-refractivity contribution is 5.37. The van der Waals surface area contributed by atoms with Gasteiger partial charge in [-0.25, -0.2) is 8.78 Å². The molecule has 20 heavy (non-hydrogen) atoms. The lowest BCUT2D eigenvalue weighted by atomic mass is 10.5. The number of halogens is 2. The molecule has 1 N–H and O–H groups in total. The third-order valence-corrected chi connectivity index (χ3v) is 2.23. The van der Waals surface area contributed by atoms with E-state index < -0.39 is 13.0 Å². The van der Waals surface area contributed by atoms with Crippen LogP contribution in [0.4, 0.5) is 20.7 Å². The van der Waals surface area contributed by atoms with Gasteiger partial charge in [-0.3, -0.25) is 0 Å². The van der Waals surface area contributed by atoms with Crippen molar-refractivity contribution in [1.29, 1.82) is 0 Å². The first-order valence-corrected chi connectivity index (χ1v) is 6.58. The Kier molecular flexibility index (Phi) is 6.33. The van der Waals surface area contributed by atoms with Crippen LogP contribution in [-0.2, 0) is 0 Å². The van der Waals surface area contributed by atoms with Crippen molar-refractivity contribution in [2.75, 3.05) is 30.4 Å². The van der Waals surface area contributed by atoms with Gasteiger partial charge in [0.15, 0.2) is 0 Å². The number of hydrogen-bond acceptors (Lipinski definition) is 6. The van der Waals surface area contributed by atoms with Crippen molar-refractivity contribution in [3.63, 3.8) is 0 Å². The van der Waals surface area contributed by atoms with Gasteiger partial charge in [0.1, 0.15) is 0 Å². The molecular weight excluding hydrogens is 268 g/mol. The Bertz CT molecular complexity index is 417. The molecule has 0 spiro atoms. The van der Waals surface area contributed by atoms with Gasteiger partial charge in [0.25, 0.3) is 6.43 Å². The van der Waals surface area contributed by atoms with Crippen LogP contribution in [0.15, 0.2) is 0 Å². The summed E-state index contributed by atoms with van der Waals surface area (Å²) in [5, 5.41) is 3.00. The van der Waals surface area contributed by atoms with E-state index in [2.05, 4.69) is 20.3 Å². The van der Waals surface area contributed by atoms with Gasteiger partial charge in [-0.1, -0.05) is 6.92 Å². The van der Waals surface area contributed by atoms with Gasteiger partial charge in [-0.15, -0.1) is 0 Å². The van der Waals surface area contributed by atoms with Crippen molar-refractivity contribution in [3.8, 4) is 6.01 Å². The fraction of sp³-hybridized carbons (Fsp3) is 0.750. The predicted octanol–water partition coefficient (Wildman–Crippen LogP) is 2.18. The smallest absolute Gasteiger partial charge is 0.323 e. The Morgan fingerprint density at radius 3 is 2.50 bits per heavy atom. The van der Waals surface area contributed by atoms with E-state index in [1.807, 2.05) is 20.8 Å². The van der Waals surface area contributed by atoms with E-state index in [1.165, 1.54) is 11.9 Å². The molecule has 0 amide bonds. The lowest BCUT2D eigenvalue weighted by Crippen LogP contribution is -2.27. The van der Waals surface area contributed by atoms with Gasteiger partial charge in [0.05, 0.1) is 12.6 Å². The Hall–Kier alpha value is -1.73. The van der Waals surface area contributed by atoms with Crippen LogP contribution in [0.3, 0.4) is 0 Å². The number of nitrogens with one attached hydrogen (secondary N) is 1. The third kappa shape index (κ3) is 5.50. The molecule has 0 aromatic carbocycles. The van der Waals surface area contributed by atoms with Crippen molar-refractivity contribution in [3.05, 3.63) is 0 Å². The molecule has 8 heteroatoms. The summed E-state index contributed by atoms with van der Waals surface area (Å²) in [6, 6.07) is 0.129. The molecule has 0 radical (unpaired) electrons.